The van der Waals surface area contributed by atoms with Gasteiger partial charge < -0.3 is 15.7 Å². The number of aliphatic hydroxyl groups is 1. The fraction of sp³-hybridized carbons (Fsp3) is 0.562. The van der Waals surface area contributed by atoms with Gasteiger partial charge in [-0.3, -0.25) is 4.79 Å². The molecule has 1 aliphatic rings. The lowest BCUT2D eigenvalue weighted by atomic mass is 9.87. The van der Waals surface area contributed by atoms with Crippen molar-refractivity contribution in [1.82, 2.24) is 10.6 Å². The van der Waals surface area contributed by atoms with Gasteiger partial charge in [0.25, 0.3) is 5.91 Å². The van der Waals surface area contributed by atoms with Gasteiger partial charge in [0, 0.05) is 37.7 Å². The minimum atomic E-state index is -0.0605. The highest BCUT2D eigenvalue weighted by Gasteiger charge is 2.32. The molecule has 1 saturated carbocycles. The molecule has 1 aliphatic carbocycles. The van der Waals surface area contributed by atoms with Crippen molar-refractivity contribution in [2.75, 3.05) is 20.2 Å². The number of amides is 1. The van der Waals surface area contributed by atoms with Gasteiger partial charge in [-0.2, -0.15) is 0 Å². The van der Waals surface area contributed by atoms with E-state index < -0.39 is 0 Å². The maximum Gasteiger partial charge on any atom is 0.251 e. The first-order chi connectivity index (χ1) is 9.69. The summed E-state index contributed by atoms with van der Waals surface area (Å²) in [5.41, 5.74) is 1.92. The fourth-order valence-corrected chi connectivity index (χ4v) is 2.91. The molecule has 0 heterocycles. The first kappa shape index (κ1) is 15.0. The van der Waals surface area contributed by atoms with E-state index in [1.807, 2.05) is 24.3 Å². The molecule has 0 radical (unpaired) electrons. The molecule has 0 bridgehead atoms. The number of carbonyl (C=O) groups excluding carboxylic acids is 1. The number of hydrogen-bond acceptors (Lipinski definition) is 3. The van der Waals surface area contributed by atoms with Gasteiger partial charge in [0.2, 0.25) is 0 Å². The number of hydrogen-bond donors (Lipinski definition) is 3. The molecule has 0 unspecified atom stereocenters. The lowest BCUT2D eigenvalue weighted by Crippen LogP contribution is -2.34. The van der Waals surface area contributed by atoms with Crippen LogP contribution in [0, 0.1) is 5.41 Å². The quantitative estimate of drug-likeness (QED) is 0.741. The van der Waals surface area contributed by atoms with Crippen LogP contribution in [0.25, 0.3) is 0 Å². The Bertz CT molecular complexity index is 436. The van der Waals surface area contributed by atoms with Gasteiger partial charge in [-0.25, -0.2) is 0 Å². The van der Waals surface area contributed by atoms with Crippen LogP contribution < -0.4 is 10.6 Å². The normalized spacial score (nSPS) is 17.1. The molecule has 20 heavy (non-hydrogen) atoms. The minimum absolute atomic E-state index is 0.0605. The zero-order valence-electron chi connectivity index (χ0n) is 12.1. The van der Waals surface area contributed by atoms with Gasteiger partial charge in [-0.05, 0) is 30.5 Å². The molecule has 110 valence electrons. The summed E-state index contributed by atoms with van der Waals surface area (Å²) in [6, 6.07) is 7.62. The summed E-state index contributed by atoms with van der Waals surface area (Å²) < 4.78 is 0. The number of nitrogens with one attached hydrogen (secondary N) is 2. The van der Waals surface area contributed by atoms with Gasteiger partial charge in [0.05, 0.1) is 0 Å². The van der Waals surface area contributed by atoms with Gasteiger partial charge in [0.1, 0.15) is 0 Å². The highest BCUT2D eigenvalue weighted by Crippen LogP contribution is 2.36. The fourth-order valence-electron chi connectivity index (χ4n) is 2.91. The van der Waals surface area contributed by atoms with E-state index in [4.69, 9.17) is 0 Å². The monoisotopic (exact) mass is 276 g/mol. The molecule has 3 N–H and O–H groups in total. The van der Waals surface area contributed by atoms with Gasteiger partial charge in [0.15, 0.2) is 0 Å². The minimum Gasteiger partial charge on any atom is -0.396 e. The summed E-state index contributed by atoms with van der Waals surface area (Å²) in [6.07, 6.45) is 4.68. The van der Waals surface area contributed by atoms with E-state index in [9.17, 15) is 9.90 Å². The first-order valence-corrected chi connectivity index (χ1v) is 7.32. The van der Waals surface area contributed by atoms with E-state index in [0.29, 0.717) is 5.56 Å². The highest BCUT2D eigenvalue weighted by molar-refractivity contribution is 5.93. The summed E-state index contributed by atoms with van der Waals surface area (Å²) >= 11 is 0. The molecule has 1 fully saturated rings. The predicted molar refractivity (Wildman–Crippen MR) is 79.5 cm³/mol. The Labute approximate surface area is 120 Å². The van der Waals surface area contributed by atoms with E-state index in [0.717, 1.165) is 31.5 Å². The summed E-state index contributed by atoms with van der Waals surface area (Å²) in [7, 11) is 1.63. The third-order valence-corrected chi connectivity index (χ3v) is 4.27. The zero-order chi connectivity index (χ0) is 14.4. The highest BCUT2D eigenvalue weighted by atomic mass is 16.3. The Morgan fingerprint density at radius 2 is 1.90 bits per heavy atom. The second-order valence-electron chi connectivity index (χ2n) is 5.74. The predicted octanol–water partition coefficient (Wildman–Crippen LogP) is 1.69. The van der Waals surface area contributed by atoms with E-state index in [-0.39, 0.29) is 17.9 Å². The molecular formula is C16H24N2O2. The van der Waals surface area contributed by atoms with Crippen LogP contribution in [0.5, 0.6) is 0 Å². The Morgan fingerprint density at radius 3 is 2.45 bits per heavy atom. The van der Waals surface area contributed by atoms with E-state index in [1.165, 1.54) is 12.8 Å². The van der Waals surface area contributed by atoms with Crippen molar-refractivity contribution in [2.45, 2.75) is 32.2 Å². The molecule has 1 amide bonds. The maximum absolute atomic E-state index is 11.4. The Kier molecular flexibility index (Phi) is 5.15. The smallest absolute Gasteiger partial charge is 0.251 e. The Balaban J connectivity index is 1.83. The topological polar surface area (TPSA) is 61.4 Å². The van der Waals surface area contributed by atoms with Crippen molar-refractivity contribution >= 4 is 5.91 Å². The third-order valence-electron chi connectivity index (χ3n) is 4.27. The van der Waals surface area contributed by atoms with Crippen molar-refractivity contribution < 1.29 is 9.90 Å². The molecule has 0 aliphatic heterocycles. The van der Waals surface area contributed by atoms with Crippen LogP contribution >= 0.6 is 0 Å². The molecule has 4 heteroatoms. The van der Waals surface area contributed by atoms with E-state index in [1.54, 1.807) is 7.05 Å². The first-order valence-electron chi connectivity index (χ1n) is 7.32. The average Bonchev–Trinajstić information content (AvgIpc) is 2.96. The molecule has 0 saturated heterocycles. The van der Waals surface area contributed by atoms with Crippen molar-refractivity contribution in [3.05, 3.63) is 35.4 Å². The second kappa shape index (κ2) is 6.86. The molecule has 1 aromatic rings. The maximum atomic E-state index is 11.4. The second-order valence-corrected chi connectivity index (χ2v) is 5.74. The number of carbonyl (C=O) groups is 1. The van der Waals surface area contributed by atoms with Crippen molar-refractivity contribution in [1.29, 1.82) is 0 Å². The summed E-state index contributed by atoms with van der Waals surface area (Å²) in [4.78, 5) is 11.4. The molecule has 0 spiro atoms. The Morgan fingerprint density at radius 1 is 1.25 bits per heavy atom. The van der Waals surface area contributed by atoms with Crippen LogP contribution in [0.3, 0.4) is 0 Å². The third kappa shape index (κ3) is 3.58. The lowest BCUT2D eigenvalue weighted by Gasteiger charge is -2.26. The van der Waals surface area contributed by atoms with Crippen LogP contribution in [0.2, 0.25) is 0 Å². The van der Waals surface area contributed by atoms with Crippen molar-refractivity contribution in [3.8, 4) is 0 Å². The van der Waals surface area contributed by atoms with E-state index in [2.05, 4.69) is 10.6 Å². The van der Waals surface area contributed by atoms with Gasteiger partial charge in [-0.15, -0.1) is 0 Å². The lowest BCUT2D eigenvalue weighted by molar-refractivity contribution is 0.0963. The molecule has 2 rings (SSSR count). The number of rotatable bonds is 6. The molecule has 4 nitrogen and oxygen atoms in total. The standard InChI is InChI=1S/C16H24N2O2/c1-17-15(20)14-6-4-13(5-7-14)10-18-11-16(12-19)8-2-3-9-16/h4-7,18-19H,2-3,8-12H2,1H3,(H,17,20). The summed E-state index contributed by atoms with van der Waals surface area (Å²) in [5.74, 6) is -0.0605. The van der Waals surface area contributed by atoms with E-state index >= 15 is 0 Å². The molecular weight excluding hydrogens is 252 g/mol. The van der Waals surface area contributed by atoms with Gasteiger partial charge >= 0.3 is 0 Å². The summed E-state index contributed by atoms with van der Waals surface area (Å²) in [5, 5.41) is 15.6. The van der Waals surface area contributed by atoms with Crippen LogP contribution in [-0.2, 0) is 6.54 Å². The van der Waals surface area contributed by atoms with Crippen LogP contribution in [-0.4, -0.2) is 31.2 Å². The van der Waals surface area contributed by atoms with Gasteiger partial charge in [-0.1, -0.05) is 25.0 Å². The van der Waals surface area contributed by atoms with Crippen molar-refractivity contribution in [2.24, 2.45) is 5.41 Å². The van der Waals surface area contributed by atoms with Crippen molar-refractivity contribution in [3.63, 3.8) is 0 Å². The van der Waals surface area contributed by atoms with Crippen LogP contribution in [0.15, 0.2) is 24.3 Å². The number of benzene rings is 1. The number of aliphatic hydroxyl groups excluding tert-OH is 1. The average molecular weight is 276 g/mol. The largest absolute Gasteiger partial charge is 0.396 e. The molecule has 0 atom stereocenters. The van der Waals surface area contributed by atoms with Crippen LogP contribution in [0.1, 0.15) is 41.6 Å². The van der Waals surface area contributed by atoms with Crippen LogP contribution in [0.4, 0.5) is 0 Å². The zero-order valence-corrected chi connectivity index (χ0v) is 12.1. The molecule has 1 aromatic carbocycles. The Hall–Kier alpha value is -1.39. The SMILES string of the molecule is CNC(=O)c1ccc(CNCC2(CO)CCCC2)cc1. The summed E-state index contributed by atoms with van der Waals surface area (Å²) in [6.45, 7) is 1.91. The molecule has 0 aromatic heterocycles.